The smallest absolute Gasteiger partial charge is 0.130 e. The van der Waals surface area contributed by atoms with Gasteiger partial charge in [0.15, 0.2) is 0 Å². The van der Waals surface area contributed by atoms with Gasteiger partial charge in [0.05, 0.1) is 0 Å². The normalized spacial score (nSPS) is 17.6. The first-order valence-electron chi connectivity index (χ1n) is 19.8. The second-order valence-corrected chi connectivity index (χ2v) is 15.2. The zero-order valence-corrected chi connectivity index (χ0v) is 31.7. The van der Waals surface area contributed by atoms with Crippen molar-refractivity contribution in [1.82, 2.24) is 0 Å². The van der Waals surface area contributed by atoms with Crippen molar-refractivity contribution in [3.8, 4) is 28.0 Å². The summed E-state index contributed by atoms with van der Waals surface area (Å²) in [5, 5.41) is 2.60. The van der Waals surface area contributed by atoms with Gasteiger partial charge in [-0.25, -0.2) is 0 Å². The fourth-order valence-corrected chi connectivity index (χ4v) is 8.65. The first-order chi connectivity index (χ1) is 27.1. The summed E-state index contributed by atoms with van der Waals surface area (Å²) in [4.78, 5) is 0. The van der Waals surface area contributed by atoms with E-state index < -0.39 is 0 Å². The topological polar surface area (TPSA) is 9.23 Å². The molecule has 7 aromatic rings. The summed E-state index contributed by atoms with van der Waals surface area (Å²) in [7, 11) is 0. The summed E-state index contributed by atoms with van der Waals surface area (Å²) in [6.07, 6.45) is 14.7. The van der Waals surface area contributed by atoms with Gasteiger partial charge in [0, 0.05) is 11.5 Å². The van der Waals surface area contributed by atoms with E-state index in [-0.39, 0.29) is 12.0 Å². The van der Waals surface area contributed by atoms with E-state index in [0.29, 0.717) is 5.92 Å². The summed E-state index contributed by atoms with van der Waals surface area (Å²) in [6, 6.07) is 57.1. The zero-order valence-electron chi connectivity index (χ0n) is 31.7. The summed E-state index contributed by atoms with van der Waals surface area (Å²) in [6.45, 7) is 4.66. The fourth-order valence-electron chi connectivity index (χ4n) is 8.65. The molecule has 268 valence electrons. The number of allylic oxidation sites excluding steroid dienone is 5. The zero-order chi connectivity index (χ0) is 37.1. The number of hydrogen-bond donors (Lipinski definition) is 0. The standard InChI is InChI=1S/C54H46O/c1-37-25-33-48-50(35-37)52(43(27-26-40-17-8-4-9-18-40)22-14-19-39-15-6-3-7-16-39)46-23-12-13-24-47(46)53(48)45-32-34-51-49(36-45)38(2)54(55-51)44-30-28-42(29-31-44)41-20-10-5-11-21-41/h3-18,20-25,27-34,36-38,54H,19,26,35H2,1-2H3/b22-14-,43-27+. The number of ether oxygens (including phenoxy) is 1. The summed E-state index contributed by atoms with van der Waals surface area (Å²) < 4.78 is 6.71. The summed E-state index contributed by atoms with van der Waals surface area (Å²) in [5.74, 6) is 1.66. The third-order valence-electron chi connectivity index (χ3n) is 11.5. The Balaban J connectivity index is 1.13. The molecule has 0 bridgehead atoms. The SMILES string of the molecule is CC1C=Cc2c(c(C(/C=C\Cc3ccccc3)=C/Cc3ccccc3)c3ccccc3c2-c2ccc3c(c2)C(C)C(c2ccc(-c4ccccc4)cc2)O3)C1. The van der Waals surface area contributed by atoms with Crippen molar-refractivity contribution >= 4 is 22.4 Å². The van der Waals surface area contributed by atoms with E-state index in [2.05, 4.69) is 202 Å². The van der Waals surface area contributed by atoms with E-state index in [1.807, 2.05) is 0 Å². The maximum Gasteiger partial charge on any atom is 0.130 e. The third-order valence-corrected chi connectivity index (χ3v) is 11.5. The van der Waals surface area contributed by atoms with Crippen molar-refractivity contribution < 1.29 is 4.74 Å². The molecule has 7 aromatic carbocycles. The molecule has 0 saturated heterocycles. The fraction of sp³-hybridized carbons (Fsp3) is 0.148. The molecule has 0 fully saturated rings. The highest BCUT2D eigenvalue weighted by molar-refractivity contribution is 6.09. The lowest BCUT2D eigenvalue weighted by molar-refractivity contribution is 0.216. The molecule has 0 N–H and O–H groups in total. The Bertz CT molecular complexity index is 2540. The van der Waals surface area contributed by atoms with Crippen LogP contribution in [0.4, 0.5) is 0 Å². The van der Waals surface area contributed by atoms with Crippen LogP contribution in [-0.2, 0) is 19.3 Å². The minimum atomic E-state index is -0.0242. The third kappa shape index (κ3) is 6.99. The van der Waals surface area contributed by atoms with Gasteiger partial charge in [0.1, 0.15) is 11.9 Å². The molecule has 1 heteroatoms. The molecule has 0 spiro atoms. The molecule has 0 amide bonds. The molecule has 1 nitrogen and oxygen atoms in total. The van der Waals surface area contributed by atoms with E-state index in [1.54, 1.807) is 0 Å². The van der Waals surface area contributed by atoms with Crippen molar-refractivity contribution in [2.75, 3.05) is 0 Å². The van der Waals surface area contributed by atoms with Gasteiger partial charge in [-0.05, 0) is 109 Å². The number of fused-ring (bicyclic) bond motifs is 3. The summed E-state index contributed by atoms with van der Waals surface area (Å²) >= 11 is 0. The maximum atomic E-state index is 6.71. The largest absolute Gasteiger partial charge is 0.485 e. The molecule has 9 rings (SSSR count). The van der Waals surface area contributed by atoms with Gasteiger partial charge in [-0.3, -0.25) is 0 Å². The first-order valence-corrected chi connectivity index (χ1v) is 19.8. The van der Waals surface area contributed by atoms with Crippen LogP contribution in [0.5, 0.6) is 5.75 Å². The van der Waals surface area contributed by atoms with E-state index in [4.69, 9.17) is 4.74 Å². The van der Waals surface area contributed by atoms with Crippen molar-refractivity contribution in [3.63, 3.8) is 0 Å². The molecule has 1 aliphatic carbocycles. The lowest BCUT2D eigenvalue weighted by atomic mass is 9.77. The average molecular weight is 711 g/mol. The van der Waals surface area contributed by atoms with Crippen LogP contribution in [-0.4, -0.2) is 0 Å². The summed E-state index contributed by atoms with van der Waals surface area (Å²) in [5.41, 5.74) is 15.6. The Labute approximate surface area is 326 Å². The van der Waals surface area contributed by atoms with Gasteiger partial charge in [0.25, 0.3) is 0 Å². The van der Waals surface area contributed by atoms with Gasteiger partial charge in [-0.15, -0.1) is 0 Å². The van der Waals surface area contributed by atoms with Gasteiger partial charge < -0.3 is 4.74 Å². The Morgan fingerprint density at radius 3 is 1.98 bits per heavy atom. The Kier molecular flexibility index (Phi) is 9.61. The van der Waals surface area contributed by atoms with E-state index >= 15 is 0 Å². The van der Waals surface area contributed by atoms with Gasteiger partial charge >= 0.3 is 0 Å². The molecular weight excluding hydrogens is 665 g/mol. The van der Waals surface area contributed by atoms with Crippen LogP contribution in [0.15, 0.2) is 182 Å². The van der Waals surface area contributed by atoms with Crippen molar-refractivity contribution in [1.29, 1.82) is 0 Å². The van der Waals surface area contributed by atoms with Gasteiger partial charge in [-0.1, -0.05) is 190 Å². The van der Waals surface area contributed by atoms with Crippen LogP contribution in [0.2, 0.25) is 0 Å². The van der Waals surface area contributed by atoms with Crippen molar-refractivity contribution in [2.45, 2.75) is 45.1 Å². The number of hydrogen-bond acceptors (Lipinski definition) is 1. The van der Waals surface area contributed by atoms with Crippen LogP contribution < -0.4 is 4.74 Å². The molecule has 0 radical (unpaired) electrons. The first kappa shape index (κ1) is 34.6. The van der Waals surface area contributed by atoms with Crippen molar-refractivity contribution in [2.24, 2.45) is 5.92 Å². The highest BCUT2D eigenvalue weighted by Gasteiger charge is 2.33. The Morgan fingerprint density at radius 1 is 0.636 bits per heavy atom. The van der Waals surface area contributed by atoms with E-state index in [1.165, 1.54) is 77.5 Å². The molecule has 1 aliphatic heterocycles. The van der Waals surface area contributed by atoms with Gasteiger partial charge in [-0.2, -0.15) is 0 Å². The van der Waals surface area contributed by atoms with Crippen LogP contribution in [0.25, 0.3) is 44.7 Å². The van der Waals surface area contributed by atoms with Crippen molar-refractivity contribution in [3.05, 3.63) is 221 Å². The molecule has 0 aromatic heterocycles. The second-order valence-electron chi connectivity index (χ2n) is 15.2. The van der Waals surface area contributed by atoms with Crippen LogP contribution in [0.3, 0.4) is 0 Å². The van der Waals surface area contributed by atoms with Crippen LogP contribution >= 0.6 is 0 Å². The highest BCUT2D eigenvalue weighted by atomic mass is 16.5. The molecule has 1 heterocycles. The van der Waals surface area contributed by atoms with E-state index in [0.717, 1.165) is 25.0 Å². The molecule has 2 aliphatic rings. The highest BCUT2D eigenvalue weighted by Crippen LogP contribution is 2.50. The minimum absolute atomic E-state index is 0.0242. The predicted molar refractivity (Wildman–Crippen MR) is 232 cm³/mol. The molecule has 3 atom stereocenters. The van der Waals surface area contributed by atoms with Crippen LogP contribution in [0.1, 0.15) is 64.8 Å². The lowest BCUT2D eigenvalue weighted by Gasteiger charge is -2.26. The Hall–Kier alpha value is -6.18. The monoisotopic (exact) mass is 710 g/mol. The quantitative estimate of drug-likeness (QED) is 0.136. The molecule has 55 heavy (non-hydrogen) atoms. The molecule has 0 saturated carbocycles. The minimum Gasteiger partial charge on any atom is -0.485 e. The molecular formula is C54H46O. The lowest BCUT2D eigenvalue weighted by Crippen LogP contribution is -2.09. The maximum absolute atomic E-state index is 6.71. The molecule has 3 unspecified atom stereocenters. The predicted octanol–water partition coefficient (Wildman–Crippen LogP) is 14.0. The van der Waals surface area contributed by atoms with Crippen LogP contribution in [0, 0.1) is 5.92 Å². The average Bonchev–Trinajstić information content (AvgIpc) is 3.57. The second kappa shape index (κ2) is 15.3. The van der Waals surface area contributed by atoms with Gasteiger partial charge in [0.2, 0.25) is 0 Å². The number of benzene rings is 7. The Morgan fingerprint density at radius 2 is 1.25 bits per heavy atom. The number of rotatable bonds is 9. The van der Waals surface area contributed by atoms with E-state index in [9.17, 15) is 0 Å².